The minimum Gasteiger partial charge on any atom is -0.481 e. The molecule has 0 aromatic rings. The predicted octanol–water partition coefficient (Wildman–Crippen LogP) is 1.11. The van der Waals surface area contributed by atoms with E-state index in [1.807, 2.05) is 11.8 Å². The summed E-state index contributed by atoms with van der Waals surface area (Å²) in [6.45, 7) is 2.57. The maximum absolute atomic E-state index is 11.8. The average Bonchev–Trinajstić information content (AvgIpc) is 2.99. The molecule has 4 heteroatoms. The van der Waals surface area contributed by atoms with Gasteiger partial charge in [0.1, 0.15) is 0 Å². The molecule has 84 valence electrons. The predicted molar refractivity (Wildman–Crippen MR) is 54.3 cm³/mol. The highest BCUT2D eigenvalue weighted by molar-refractivity contribution is 5.81. The Bertz CT molecular complexity index is 286. The number of carboxylic acid groups (broad SMARTS) is 1. The Hall–Kier alpha value is -1.06. The molecule has 2 aliphatic rings. The van der Waals surface area contributed by atoms with Gasteiger partial charge in [-0.15, -0.1) is 0 Å². The summed E-state index contributed by atoms with van der Waals surface area (Å²) in [6.07, 6.45) is 3.25. The van der Waals surface area contributed by atoms with Crippen molar-refractivity contribution in [3.8, 4) is 0 Å². The summed E-state index contributed by atoms with van der Waals surface area (Å²) in [5.74, 6) is -0.496. The van der Waals surface area contributed by atoms with Crippen LogP contribution in [0.3, 0.4) is 0 Å². The molecule has 2 unspecified atom stereocenters. The van der Waals surface area contributed by atoms with E-state index in [0.29, 0.717) is 19.4 Å². The molecule has 1 aliphatic carbocycles. The third kappa shape index (κ3) is 2.13. The molecule has 0 radical (unpaired) electrons. The second-order valence-electron chi connectivity index (χ2n) is 4.71. The van der Waals surface area contributed by atoms with E-state index >= 15 is 0 Å². The van der Waals surface area contributed by atoms with Crippen molar-refractivity contribution in [1.29, 1.82) is 0 Å². The molecule has 0 spiro atoms. The highest BCUT2D eigenvalue weighted by Gasteiger charge is 2.38. The monoisotopic (exact) mass is 211 g/mol. The lowest BCUT2D eigenvalue weighted by molar-refractivity contribution is -0.147. The zero-order valence-electron chi connectivity index (χ0n) is 8.98. The number of likely N-dealkylation sites (tertiary alicyclic amines) is 1. The topological polar surface area (TPSA) is 57.6 Å². The highest BCUT2D eigenvalue weighted by atomic mass is 16.4. The molecule has 2 fully saturated rings. The molecule has 4 nitrogen and oxygen atoms in total. The highest BCUT2D eigenvalue weighted by Crippen LogP contribution is 2.34. The normalized spacial score (nSPS) is 31.4. The van der Waals surface area contributed by atoms with Gasteiger partial charge in [0.25, 0.3) is 0 Å². The van der Waals surface area contributed by atoms with Gasteiger partial charge in [0.2, 0.25) is 5.91 Å². The Balaban J connectivity index is 1.94. The van der Waals surface area contributed by atoms with E-state index in [4.69, 9.17) is 5.11 Å². The fraction of sp³-hybridized carbons (Fsp3) is 0.818. The molecule has 2 rings (SSSR count). The van der Waals surface area contributed by atoms with Crippen molar-refractivity contribution < 1.29 is 14.7 Å². The summed E-state index contributed by atoms with van der Waals surface area (Å²) in [7, 11) is 0. The molecule has 1 saturated carbocycles. The second-order valence-corrected chi connectivity index (χ2v) is 4.71. The Morgan fingerprint density at radius 3 is 2.33 bits per heavy atom. The lowest BCUT2D eigenvalue weighted by Crippen LogP contribution is -2.46. The van der Waals surface area contributed by atoms with Gasteiger partial charge < -0.3 is 10.0 Å². The number of amides is 1. The van der Waals surface area contributed by atoms with Crippen LogP contribution < -0.4 is 0 Å². The number of carbonyl (C=O) groups excluding carboxylic acids is 1. The summed E-state index contributed by atoms with van der Waals surface area (Å²) < 4.78 is 0. The summed E-state index contributed by atoms with van der Waals surface area (Å²) in [4.78, 5) is 24.5. The molecule has 2 atom stereocenters. The first-order chi connectivity index (χ1) is 7.09. The molecule has 15 heavy (non-hydrogen) atoms. The Morgan fingerprint density at radius 2 is 1.87 bits per heavy atom. The van der Waals surface area contributed by atoms with Crippen LogP contribution in [0, 0.1) is 11.8 Å². The van der Waals surface area contributed by atoms with Gasteiger partial charge in [0.05, 0.1) is 5.92 Å². The fourth-order valence-electron chi connectivity index (χ4n) is 2.29. The van der Waals surface area contributed by atoms with Crippen molar-refractivity contribution >= 4 is 11.9 Å². The largest absolute Gasteiger partial charge is 0.481 e. The van der Waals surface area contributed by atoms with Crippen molar-refractivity contribution in [2.24, 2.45) is 11.8 Å². The van der Waals surface area contributed by atoms with Gasteiger partial charge in [-0.3, -0.25) is 9.59 Å². The van der Waals surface area contributed by atoms with Gasteiger partial charge in [-0.2, -0.15) is 0 Å². The molecule has 1 saturated heterocycles. The molecule has 0 aromatic heterocycles. The minimum absolute atomic E-state index is 0.0907. The molecule has 1 amide bonds. The van der Waals surface area contributed by atoms with Gasteiger partial charge >= 0.3 is 5.97 Å². The lowest BCUT2D eigenvalue weighted by Gasteiger charge is -2.36. The summed E-state index contributed by atoms with van der Waals surface area (Å²) in [5.41, 5.74) is 0. The van der Waals surface area contributed by atoms with Gasteiger partial charge in [-0.1, -0.05) is 0 Å². The third-order valence-corrected chi connectivity index (χ3v) is 3.44. The van der Waals surface area contributed by atoms with Crippen LogP contribution in [-0.4, -0.2) is 34.5 Å². The summed E-state index contributed by atoms with van der Waals surface area (Å²) >= 11 is 0. The first kappa shape index (κ1) is 10.5. The maximum Gasteiger partial charge on any atom is 0.306 e. The first-order valence-corrected chi connectivity index (χ1v) is 5.63. The van der Waals surface area contributed by atoms with E-state index in [1.165, 1.54) is 0 Å². The number of rotatable bonds is 2. The lowest BCUT2D eigenvalue weighted by atomic mass is 9.91. The Kier molecular flexibility index (Phi) is 2.67. The van der Waals surface area contributed by atoms with Crippen molar-refractivity contribution in [3.05, 3.63) is 0 Å². The molecule has 1 aliphatic heterocycles. The number of aliphatic carboxylic acids is 1. The van der Waals surface area contributed by atoms with Gasteiger partial charge in [0, 0.05) is 18.5 Å². The van der Waals surface area contributed by atoms with Gasteiger partial charge in [0.15, 0.2) is 0 Å². The van der Waals surface area contributed by atoms with E-state index in [9.17, 15) is 9.59 Å². The molecular weight excluding hydrogens is 194 g/mol. The molecular formula is C11H17NO3. The number of carbonyl (C=O) groups is 2. The van der Waals surface area contributed by atoms with Crippen molar-refractivity contribution in [3.63, 3.8) is 0 Å². The fourth-order valence-corrected chi connectivity index (χ4v) is 2.29. The van der Waals surface area contributed by atoms with Crippen molar-refractivity contribution in [1.82, 2.24) is 4.90 Å². The Morgan fingerprint density at radius 1 is 1.20 bits per heavy atom. The second kappa shape index (κ2) is 3.83. The van der Waals surface area contributed by atoms with Crippen LogP contribution in [0.2, 0.25) is 0 Å². The Labute approximate surface area is 89.3 Å². The van der Waals surface area contributed by atoms with E-state index in [1.54, 1.807) is 0 Å². The van der Waals surface area contributed by atoms with Crippen LogP contribution in [0.1, 0.15) is 32.6 Å². The van der Waals surface area contributed by atoms with Gasteiger partial charge in [-0.05, 0) is 32.6 Å². The summed E-state index contributed by atoms with van der Waals surface area (Å²) in [6, 6.07) is 0.0907. The zero-order valence-corrected chi connectivity index (χ0v) is 8.98. The van der Waals surface area contributed by atoms with E-state index in [2.05, 4.69) is 0 Å². The SMILES string of the molecule is CC1CC(C(=O)O)CCN1C(=O)C1CC1. The van der Waals surface area contributed by atoms with Crippen molar-refractivity contribution in [2.75, 3.05) is 6.54 Å². The smallest absolute Gasteiger partial charge is 0.306 e. The van der Waals surface area contributed by atoms with Crippen LogP contribution in [0.4, 0.5) is 0 Å². The quantitative estimate of drug-likeness (QED) is 0.744. The van der Waals surface area contributed by atoms with Gasteiger partial charge in [-0.25, -0.2) is 0 Å². The van der Waals surface area contributed by atoms with Crippen LogP contribution in [0.5, 0.6) is 0 Å². The maximum atomic E-state index is 11.8. The number of nitrogens with zero attached hydrogens (tertiary/aromatic N) is 1. The van der Waals surface area contributed by atoms with E-state index in [-0.39, 0.29) is 23.8 Å². The molecule has 0 bridgehead atoms. The van der Waals surface area contributed by atoms with E-state index < -0.39 is 5.97 Å². The third-order valence-electron chi connectivity index (χ3n) is 3.44. The zero-order chi connectivity index (χ0) is 11.0. The number of hydrogen-bond acceptors (Lipinski definition) is 2. The number of piperidine rings is 1. The van der Waals surface area contributed by atoms with Crippen LogP contribution in [0.15, 0.2) is 0 Å². The number of hydrogen-bond donors (Lipinski definition) is 1. The molecule has 0 aromatic carbocycles. The number of carboxylic acids is 1. The molecule has 1 N–H and O–H groups in total. The standard InChI is InChI=1S/C11H17NO3/c1-7-6-9(11(14)15)4-5-12(7)10(13)8-2-3-8/h7-9H,2-6H2,1H3,(H,14,15). The van der Waals surface area contributed by atoms with Crippen molar-refractivity contribution in [2.45, 2.75) is 38.6 Å². The van der Waals surface area contributed by atoms with Crippen LogP contribution >= 0.6 is 0 Å². The minimum atomic E-state index is -0.722. The van der Waals surface area contributed by atoms with E-state index in [0.717, 1.165) is 12.8 Å². The first-order valence-electron chi connectivity index (χ1n) is 5.63. The summed E-state index contributed by atoms with van der Waals surface area (Å²) in [5, 5.41) is 8.90. The average molecular weight is 211 g/mol. The van der Waals surface area contributed by atoms with Crippen LogP contribution in [0.25, 0.3) is 0 Å². The molecule has 1 heterocycles. The van der Waals surface area contributed by atoms with Crippen LogP contribution in [-0.2, 0) is 9.59 Å².